The van der Waals surface area contributed by atoms with E-state index >= 15 is 0 Å². The maximum atomic E-state index is 14.2. The highest BCUT2D eigenvalue weighted by Gasteiger charge is 2.19. The van der Waals surface area contributed by atoms with Gasteiger partial charge in [-0.1, -0.05) is 18.2 Å². The van der Waals surface area contributed by atoms with Gasteiger partial charge in [0.1, 0.15) is 11.5 Å². The van der Waals surface area contributed by atoms with Gasteiger partial charge in [-0.05, 0) is 43.7 Å². The van der Waals surface area contributed by atoms with Gasteiger partial charge in [-0.2, -0.15) is 5.10 Å². The zero-order valence-electron chi connectivity index (χ0n) is 16.0. The molecule has 148 valence electrons. The molecule has 8 heteroatoms. The van der Waals surface area contributed by atoms with Crippen molar-refractivity contribution in [3.63, 3.8) is 0 Å². The van der Waals surface area contributed by atoms with Crippen LogP contribution >= 0.6 is 0 Å². The predicted octanol–water partition coefficient (Wildman–Crippen LogP) is 3.03. The fraction of sp³-hybridized carbons (Fsp3) is 0.143. The fourth-order valence-corrected chi connectivity index (χ4v) is 2.86. The van der Waals surface area contributed by atoms with Crippen molar-refractivity contribution in [2.45, 2.75) is 13.8 Å². The van der Waals surface area contributed by atoms with E-state index in [0.717, 1.165) is 0 Å². The minimum Gasteiger partial charge on any atom is -0.465 e. The second-order valence-electron chi connectivity index (χ2n) is 6.29. The van der Waals surface area contributed by atoms with Crippen LogP contribution in [0.15, 0.2) is 53.3 Å². The van der Waals surface area contributed by atoms with E-state index in [1.807, 2.05) is 0 Å². The van der Waals surface area contributed by atoms with Gasteiger partial charge in [0, 0.05) is 17.4 Å². The third-order valence-corrected chi connectivity index (χ3v) is 4.39. The standard InChI is InChI=1S/C21H18FN3O4/c1-12-11-18(26)19(24-25(12)17-10-5-4-8-15(17)22)20(27)23-16-9-6-7-14(13(16)2)21(28)29-3/h4-11H,1-3H3,(H,23,27). The van der Waals surface area contributed by atoms with Gasteiger partial charge in [0.2, 0.25) is 5.43 Å². The third-order valence-electron chi connectivity index (χ3n) is 4.39. The van der Waals surface area contributed by atoms with E-state index in [1.54, 1.807) is 38.1 Å². The van der Waals surface area contributed by atoms with E-state index in [9.17, 15) is 18.8 Å². The SMILES string of the molecule is COC(=O)c1cccc(NC(=O)c2nn(-c3ccccc3F)c(C)cc2=O)c1C. The number of hydrogen-bond acceptors (Lipinski definition) is 5. The van der Waals surface area contributed by atoms with Gasteiger partial charge >= 0.3 is 5.97 Å². The second kappa shape index (κ2) is 8.05. The van der Waals surface area contributed by atoms with Crippen LogP contribution in [0.5, 0.6) is 0 Å². The highest BCUT2D eigenvalue weighted by Crippen LogP contribution is 2.20. The number of aryl methyl sites for hydroxylation is 1. The maximum absolute atomic E-state index is 14.2. The van der Waals surface area contributed by atoms with Crippen LogP contribution in [-0.4, -0.2) is 28.8 Å². The van der Waals surface area contributed by atoms with Gasteiger partial charge in [-0.3, -0.25) is 9.59 Å². The van der Waals surface area contributed by atoms with E-state index in [1.165, 1.54) is 36.1 Å². The number of ether oxygens (including phenoxy) is 1. The fourth-order valence-electron chi connectivity index (χ4n) is 2.86. The number of aromatic nitrogens is 2. The number of carbonyl (C=O) groups excluding carboxylic acids is 2. The highest BCUT2D eigenvalue weighted by atomic mass is 19.1. The normalized spacial score (nSPS) is 10.5. The smallest absolute Gasteiger partial charge is 0.338 e. The van der Waals surface area contributed by atoms with E-state index < -0.39 is 28.8 Å². The average molecular weight is 395 g/mol. The molecular formula is C21H18FN3O4. The zero-order valence-corrected chi connectivity index (χ0v) is 16.0. The summed E-state index contributed by atoms with van der Waals surface area (Å²) < 4.78 is 20.1. The van der Waals surface area contributed by atoms with Crippen LogP contribution in [0.1, 0.15) is 32.1 Å². The summed E-state index contributed by atoms with van der Waals surface area (Å²) in [4.78, 5) is 36.9. The minimum atomic E-state index is -0.773. The summed E-state index contributed by atoms with van der Waals surface area (Å²) >= 11 is 0. The molecule has 0 aliphatic heterocycles. The van der Waals surface area contributed by atoms with Crippen LogP contribution in [-0.2, 0) is 4.74 Å². The van der Waals surface area contributed by atoms with Crippen molar-refractivity contribution < 1.29 is 18.7 Å². The van der Waals surface area contributed by atoms with E-state index in [0.29, 0.717) is 16.9 Å². The summed E-state index contributed by atoms with van der Waals surface area (Å²) in [5, 5.41) is 6.65. The van der Waals surface area contributed by atoms with Crippen molar-refractivity contribution >= 4 is 17.6 Å². The highest BCUT2D eigenvalue weighted by molar-refractivity contribution is 6.04. The number of nitrogens with zero attached hydrogens (tertiary/aromatic N) is 2. The molecule has 7 nitrogen and oxygen atoms in total. The van der Waals surface area contributed by atoms with Crippen molar-refractivity contribution in [3.05, 3.63) is 87.1 Å². The topological polar surface area (TPSA) is 90.3 Å². The van der Waals surface area contributed by atoms with Crippen molar-refractivity contribution in [3.8, 4) is 5.69 Å². The first-order chi connectivity index (χ1) is 13.8. The average Bonchev–Trinajstić information content (AvgIpc) is 2.70. The molecule has 0 bridgehead atoms. The number of halogens is 1. The molecule has 1 heterocycles. The van der Waals surface area contributed by atoms with Gasteiger partial charge in [-0.25, -0.2) is 13.9 Å². The van der Waals surface area contributed by atoms with Gasteiger partial charge < -0.3 is 10.1 Å². The summed E-state index contributed by atoms with van der Waals surface area (Å²) in [6.07, 6.45) is 0. The molecule has 1 aromatic heterocycles. The Labute approximate surface area is 165 Å². The summed E-state index contributed by atoms with van der Waals surface area (Å²) in [5.74, 6) is -1.86. The van der Waals surface area contributed by atoms with Crippen molar-refractivity contribution in [2.75, 3.05) is 12.4 Å². The Morgan fingerprint density at radius 2 is 1.83 bits per heavy atom. The molecule has 0 saturated carbocycles. The van der Waals surface area contributed by atoms with Crippen LogP contribution in [0.2, 0.25) is 0 Å². The number of hydrogen-bond donors (Lipinski definition) is 1. The lowest BCUT2D eigenvalue weighted by molar-refractivity contribution is 0.0599. The van der Waals surface area contributed by atoms with E-state index in [-0.39, 0.29) is 11.3 Å². The molecule has 1 amide bonds. The summed E-state index contributed by atoms with van der Waals surface area (Å²) in [6, 6.07) is 11.8. The van der Waals surface area contributed by atoms with Crippen LogP contribution in [0.3, 0.4) is 0 Å². The number of para-hydroxylation sites is 1. The van der Waals surface area contributed by atoms with Crippen molar-refractivity contribution in [2.24, 2.45) is 0 Å². The van der Waals surface area contributed by atoms with Crippen LogP contribution in [0.4, 0.5) is 10.1 Å². The molecule has 0 spiro atoms. The molecule has 0 saturated heterocycles. The van der Waals surface area contributed by atoms with Crippen molar-refractivity contribution in [1.82, 2.24) is 9.78 Å². The van der Waals surface area contributed by atoms with E-state index in [2.05, 4.69) is 10.4 Å². The number of benzene rings is 2. The third kappa shape index (κ3) is 3.91. The first-order valence-electron chi connectivity index (χ1n) is 8.68. The molecule has 3 aromatic rings. The Kier molecular flexibility index (Phi) is 5.54. The number of carbonyl (C=O) groups is 2. The number of rotatable bonds is 4. The largest absolute Gasteiger partial charge is 0.465 e. The van der Waals surface area contributed by atoms with E-state index in [4.69, 9.17) is 4.74 Å². The Morgan fingerprint density at radius 1 is 1.10 bits per heavy atom. The minimum absolute atomic E-state index is 0.114. The molecule has 0 fully saturated rings. The summed E-state index contributed by atoms with van der Waals surface area (Å²) in [7, 11) is 1.26. The zero-order chi connectivity index (χ0) is 21.1. The lowest BCUT2D eigenvalue weighted by atomic mass is 10.1. The number of nitrogens with one attached hydrogen (secondary N) is 1. The molecular weight excluding hydrogens is 377 g/mol. The van der Waals surface area contributed by atoms with Crippen LogP contribution < -0.4 is 10.7 Å². The predicted molar refractivity (Wildman–Crippen MR) is 105 cm³/mol. The van der Waals surface area contributed by atoms with Gasteiger partial charge in [0.25, 0.3) is 5.91 Å². The summed E-state index contributed by atoms with van der Waals surface area (Å²) in [5.41, 5.74) is 0.580. The Morgan fingerprint density at radius 3 is 2.52 bits per heavy atom. The van der Waals surface area contributed by atoms with Crippen LogP contribution in [0.25, 0.3) is 5.69 Å². The number of methoxy groups -OCH3 is 1. The molecule has 29 heavy (non-hydrogen) atoms. The Hall–Kier alpha value is -3.81. The molecule has 0 atom stereocenters. The molecule has 0 unspecified atom stereocenters. The van der Waals surface area contributed by atoms with Gasteiger partial charge in [0.05, 0.1) is 12.7 Å². The maximum Gasteiger partial charge on any atom is 0.338 e. The molecule has 0 radical (unpaired) electrons. The first kappa shape index (κ1) is 19.9. The lowest BCUT2D eigenvalue weighted by Crippen LogP contribution is -2.27. The first-order valence-corrected chi connectivity index (χ1v) is 8.68. The van der Waals surface area contributed by atoms with Gasteiger partial charge in [-0.15, -0.1) is 0 Å². The molecule has 1 N–H and O–H groups in total. The molecule has 2 aromatic carbocycles. The van der Waals surface area contributed by atoms with Crippen LogP contribution in [0, 0.1) is 19.7 Å². The monoisotopic (exact) mass is 395 g/mol. The van der Waals surface area contributed by atoms with Gasteiger partial charge in [0.15, 0.2) is 5.69 Å². The number of amides is 1. The molecule has 3 rings (SSSR count). The number of esters is 1. The Bertz CT molecular complexity index is 1170. The quantitative estimate of drug-likeness (QED) is 0.686. The lowest BCUT2D eigenvalue weighted by Gasteiger charge is -2.13. The number of anilines is 1. The summed E-state index contributed by atoms with van der Waals surface area (Å²) in [6.45, 7) is 3.23. The molecule has 0 aliphatic rings. The second-order valence-corrected chi connectivity index (χ2v) is 6.29. The Balaban J connectivity index is 2.01. The van der Waals surface area contributed by atoms with Crippen molar-refractivity contribution in [1.29, 1.82) is 0 Å². The molecule has 0 aliphatic carbocycles.